The molecule has 14 heavy (non-hydrogen) atoms. The Hall–Kier alpha value is -0.410. The van der Waals surface area contributed by atoms with Crippen LogP contribution in [0.5, 0.6) is 0 Å². The standard InChI is InChI=1S/C11H15NOS/c13-11(5-10-6-12-7-14-10)4-8-1-2-9(11)3-8/h6-9,13H,1-5H2. The van der Waals surface area contributed by atoms with E-state index in [1.165, 1.54) is 24.1 Å². The molecule has 2 aliphatic rings. The zero-order chi connectivity index (χ0) is 9.60. The largest absolute Gasteiger partial charge is 0.389 e. The highest BCUT2D eigenvalue weighted by molar-refractivity contribution is 7.09. The molecule has 0 radical (unpaired) electrons. The van der Waals surface area contributed by atoms with Gasteiger partial charge in [0, 0.05) is 17.5 Å². The molecule has 1 aromatic heterocycles. The van der Waals surface area contributed by atoms with Crippen LogP contribution in [0.3, 0.4) is 0 Å². The van der Waals surface area contributed by atoms with Crippen molar-refractivity contribution in [3.8, 4) is 0 Å². The number of aliphatic hydroxyl groups is 1. The number of fused-ring (bicyclic) bond motifs is 2. The summed E-state index contributed by atoms with van der Waals surface area (Å²) in [6.07, 6.45) is 7.59. The summed E-state index contributed by atoms with van der Waals surface area (Å²) in [7, 11) is 0. The Kier molecular flexibility index (Phi) is 1.92. The highest BCUT2D eigenvalue weighted by Crippen LogP contribution is 2.52. The lowest BCUT2D eigenvalue weighted by molar-refractivity contribution is -0.0118. The second-order valence-corrected chi connectivity index (χ2v) is 5.80. The molecule has 0 saturated heterocycles. The molecule has 2 saturated carbocycles. The van der Waals surface area contributed by atoms with Gasteiger partial charge in [-0.15, -0.1) is 11.3 Å². The second kappa shape index (κ2) is 3.04. The predicted molar refractivity (Wildman–Crippen MR) is 56.2 cm³/mol. The van der Waals surface area contributed by atoms with Crippen molar-refractivity contribution in [3.05, 3.63) is 16.6 Å². The lowest BCUT2D eigenvalue weighted by atomic mass is 9.81. The Morgan fingerprint density at radius 1 is 1.57 bits per heavy atom. The van der Waals surface area contributed by atoms with Gasteiger partial charge in [-0.05, 0) is 37.5 Å². The van der Waals surface area contributed by atoms with Crippen LogP contribution in [-0.4, -0.2) is 15.7 Å². The van der Waals surface area contributed by atoms with E-state index in [4.69, 9.17) is 0 Å². The monoisotopic (exact) mass is 209 g/mol. The van der Waals surface area contributed by atoms with Gasteiger partial charge in [0.05, 0.1) is 11.1 Å². The van der Waals surface area contributed by atoms with Crippen LogP contribution in [0.25, 0.3) is 0 Å². The summed E-state index contributed by atoms with van der Waals surface area (Å²) in [6.45, 7) is 0. The van der Waals surface area contributed by atoms with E-state index in [1.807, 2.05) is 11.7 Å². The van der Waals surface area contributed by atoms with Crippen molar-refractivity contribution in [3.63, 3.8) is 0 Å². The molecule has 3 rings (SSSR count). The fourth-order valence-electron chi connectivity index (χ4n) is 3.26. The van der Waals surface area contributed by atoms with E-state index in [0.717, 1.165) is 18.8 Å². The Bertz CT molecular complexity index is 324. The summed E-state index contributed by atoms with van der Waals surface area (Å²) >= 11 is 1.66. The van der Waals surface area contributed by atoms with Crippen molar-refractivity contribution in [2.24, 2.45) is 11.8 Å². The molecule has 1 N–H and O–H groups in total. The molecule has 3 heteroatoms. The first-order valence-electron chi connectivity index (χ1n) is 5.36. The number of hydrogen-bond donors (Lipinski definition) is 1. The zero-order valence-corrected chi connectivity index (χ0v) is 8.96. The molecular formula is C11H15NOS. The van der Waals surface area contributed by atoms with Crippen LogP contribution >= 0.6 is 11.3 Å². The number of nitrogens with zero attached hydrogens (tertiary/aromatic N) is 1. The summed E-state index contributed by atoms with van der Waals surface area (Å²) < 4.78 is 0. The van der Waals surface area contributed by atoms with Crippen molar-refractivity contribution in [1.29, 1.82) is 0 Å². The zero-order valence-electron chi connectivity index (χ0n) is 8.15. The highest BCUT2D eigenvalue weighted by atomic mass is 32.1. The maximum Gasteiger partial charge on any atom is 0.0794 e. The van der Waals surface area contributed by atoms with E-state index in [9.17, 15) is 5.11 Å². The quantitative estimate of drug-likeness (QED) is 0.810. The first-order valence-corrected chi connectivity index (χ1v) is 6.24. The van der Waals surface area contributed by atoms with Crippen molar-refractivity contribution in [2.45, 2.75) is 37.7 Å². The lowest BCUT2D eigenvalue weighted by Crippen LogP contribution is -2.37. The van der Waals surface area contributed by atoms with Crippen LogP contribution in [0.4, 0.5) is 0 Å². The van der Waals surface area contributed by atoms with Crippen molar-refractivity contribution >= 4 is 11.3 Å². The SMILES string of the molecule is OC1(Cc2cncs2)CC2CCC1C2. The molecule has 2 aliphatic carbocycles. The Balaban J connectivity index is 1.78. The van der Waals surface area contributed by atoms with E-state index in [0.29, 0.717) is 5.92 Å². The van der Waals surface area contributed by atoms with E-state index in [2.05, 4.69) is 4.98 Å². The van der Waals surface area contributed by atoms with Gasteiger partial charge >= 0.3 is 0 Å². The molecule has 0 aromatic carbocycles. The van der Waals surface area contributed by atoms with Gasteiger partial charge in [-0.3, -0.25) is 4.98 Å². The normalized spacial score (nSPS) is 40.6. The van der Waals surface area contributed by atoms with Crippen LogP contribution in [0, 0.1) is 11.8 Å². The summed E-state index contributed by atoms with van der Waals surface area (Å²) in [5.41, 5.74) is 1.46. The third-order valence-electron chi connectivity index (χ3n) is 3.91. The first kappa shape index (κ1) is 8.86. The van der Waals surface area contributed by atoms with Gasteiger partial charge in [0.1, 0.15) is 0 Å². The lowest BCUT2D eigenvalue weighted by Gasteiger charge is -2.31. The van der Waals surface area contributed by atoms with E-state index in [-0.39, 0.29) is 0 Å². The summed E-state index contributed by atoms with van der Waals surface area (Å²) in [5.74, 6) is 1.37. The van der Waals surface area contributed by atoms with Gasteiger partial charge < -0.3 is 5.11 Å². The van der Waals surface area contributed by atoms with Gasteiger partial charge in [0.2, 0.25) is 0 Å². The van der Waals surface area contributed by atoms with Gasteiger partial charge in [-0.25, -0.2) is 0 Å². The Labute approximate surface area is 88.0 Å². The van der Waals surface area contributed by atoms with Crippen molar-refractivity contribution < 1.29 is 5.11 Å². The van der Waals surface area contributed by atoms with Gasteiger partial charge in [0.25, 0.3) is 0 Å². The molecule has 3 atom stereocenters. The van der Waals surface area contributed by atoms with E-state index >= 15 is 0 Å². The van der Waals surface area contributed by atoms with Crippen LogP contribution in [0.2, 0.25) is 0 Å². The van der Waals surface area contributed by atoms with Crippen LogP contribution in [0.1, 0.15) is 30.6 Å². The van der Waals surface area contributed by atoms with Crippen LogP contribution in [0.15, 0.2) is 11.7 Å². The molecule has 2 nitrogen and oxygen atoms in total. The molecule has 1 aromatic rings. The molecule has 2 bridgehead atoms. The van der Waals surface area contributed by atoms with Crippen molar-refractivity contribution in [2.75, 3.05) is 0 Å². The molecule has 76 valence electrons. The van der Waals surface area contributed by atoms with Crippen molar-refractivity contribution in [1.82, 2.24) is 4.98 Å². The molecule has 0 aliphatic heterocycles. The minimum atomic E-state index is -0.393. The molecule has 0 spiro atoms. The van der Waals surface area contributed by atoms with Gasteiger partial charge in [-0.2, -0.15) is 0 Å². The average molecular weight is 209 g/mol. The van der Waals surface area contributed by atoms with Crippen LogP contribution in [-0.2, 0) is 6.42 Å². The first-order chi connectivity index (χ1) is 6.76. The summed E-state index contributed by atoms with van der Waals surface area (Å²) in [5, 5.41) is 10.5. The number of thiazole rings is 1. The number of aromatic nitrogens is 1. The predicted octanol–water partition coefficient (Wildman–Crippen LogP) is 2.24. The smallest absolute Gasteiger partial charge is 0.0794 e. The fourth-order valence-corrected chi connectivity index (χ4v) is 3.97. The van der Waals surface area contributed by atoms with Gasteiger partial charge in [0.15, 0.2) is 0 Å². The second-order valence-electron chi connectivity index (χ2n) is 4.83. The topological polar surface area (TPSA) is 33.1 Å². The average Bonchev–Trinajstić information content (AvgIpc) is 2.78. The van der Waals surface area contributed by atoms with Crippen LogP contribution < -0.4 is 0 Å². The molecule has 1 heterocycles. The molecule has 0 amide bonds. The summed E-state index contributed by atoms with van der Waals surface area (Å²) in [4.78, 5) is 5.30. The van der Waals surface area contributed by atoms with E-state index < -0.39 is 5.60 Å². The number of hydrogen-bond acceptors (Lipinski definition) is 3. The van der Waals surface area contributed by atoms with Gasteiger partial charge in [-0.1, -0.05) is 0 Å². The fraction of sp³-hybridized carbons (Fsp3) is 0.727. The maximum absolute atomic E-state index is 10.5. The molecule has 3 unspecified atom stereocenters. The minimum Gasteiger partial charge on any atom is -0.389 e. The highest BCUT2D eigenvalue weighted by Gasteiger charge is 2.49. The number of rotatable bonds is 2. The molecular weight excluding hydrogens is 194 g/mol. The Morgan fingerprint density at radius 2 is 2.50 bits per heavy atom. The molecule has 2 fully saturated rings. The Morgan fingerprint density at radius 3 is 3.07 bits per heavy atom. The summed E-state index contributed by atoms with van der Waals surface area (Å²) in [6, 6.07) is 0. The van der Waals surface area contributed by atoms with E-state index in [1.54, 1.807) is 11.3 Å². The third-order valence-corrected chi connectivity index (χ3v) is 4.69. The third kappa shape index (κ3) is 1.30. The minimum absolute atomic E-state index is 0.393. The maximum atomic E-state index is 10.5.